The Labute approximate surface area is 144 Å². The van der Waals surface area contributed by atoms with Gasteiger partial charge < -0.3 is 24.5 Å². The number of nitrogens with zero attached hydrogens (tertiary/aromatic N) is 1. The van der Waals surface area contributed by atoms with Gasteiger partial charge in [0.1, 0.15) is 5.76 Å². The molecular formula is C18H29N3O3. The van der Waals surface area contributed by atoms with Gasteiger partial charge in [-0.05, 0) is 19.1 Å². The van der Waals surface area contributed by atoms with Gasteiger partial charge in [0.2, 0.25) is 0 Å². The summed E-state index contributed by atoms with van der Waals surface area (Å²) in [6, 6.07) is 3.87. The lowest BCUT2D eigenvalue weighted by Gasteiger charge is -2.34. The van der Waals surface area contributed by atoms with E-state index in [2.05, 4.69) is 17.2 Å². The minimum absolute atomic E-state index is 0.225. The summed E-state index contributed by atoms with van der Waals surface area (Å²) < 4.78 is 16.5. The number of methoxy groups -OCH3 is 1. The molecule has 0 saturated carbocycles. The highest BCUT2D eigenvalue weighted by Crippen LogP contribution is 2.24. The molecule has 1 aromatic rings. The lowest BCUT2D eigenvalue weighted by atomic mass is 9.94. The molecule has 6 nitrogen and oxygen atoms in total. The largest absolute Gasteiger partial charge is 0.469 e. The van der Waals surface area contributed by atoms with Crippen LogP contribution in [0, 0.1) is 0 Å². The number of furan rings is 1. The van der Waals surface area contributed by atoms with E-state index in [0.29, 0.717) is 13.1 Å². The Kier molecular flexibility index (Phi) is 7.34. The van der Waals surface area contributed by atoms with Crippen molar-refractivity contribution in [1.82, 2.24) is 10.6 Å². The van der Waals surface area contributed by atoms with Crippen LogP contribution in [-0.2, 0) is 15.9 Å². The summed E-state index contributed by atoms with van der Waals surface area (Å²) in [7, 11) is 1.76. The molecule has 2 N–H and O–H groups in total. The van der Waals surface area contributed by atoms with Gasteiger partial charge in [-0.1, -0.05) is 12.2 Å². The van der Waals surface area contributed by atoms with Crippen LogP contribution in [0.15, 0.2) is 40.0 Å². The fourth-order valence-electron chi connectivity index (χ4n) is 2.56. The Morgan fingerprint density at radius 1 is 1.38 bits per heavy atom. The molecule has 0 atom stereocenters. The molecule has 134 valence electrons. The van der Waals surface area contributed by atoms with Crippen molar-refractivity contribution in [2.24, 2.45) is 4.99 Å². The molecule has 1 aromatic heterocycles. The third-order valence-corrected chi connectivity index (χ3v) is 4.16. The van der Waals surface area contributed by atoms with Crippen molar-refractivity contribution in [2.75, 3.05) is 40.0 Å². The van der Waals surface area contributed by atoms with E-state index in [0.717, 1.165) is 56.3 Å². The lowest BCUT2D eigenvalue weighted by Crippen LogP contribution is -2.44. The van der Waals surface area contributed by atoms with Crippen LogP contribution in [0.4, 0.5) is 0 Å². The maximum Gasteiger partial charge on any atom is 0.191 e. The second-order valence-electron chi connectivity index (χ2n) is 6.23. The average molecular weight is 335 g/mol. The molecule has 1 saturated heterocycles. The van der Waals surface area contributed by atoms with Crippen LogP contribution in [0.2, 0.25) is 0 Å². The molecule has 2 heterocycles. The predicted molar refractivity (Wildman–Crippen MR) is 95.3 cm³/mol. The van der Waals surface area contributed by atoms with Crippen molar-refractivity contribution in [2.45, 2.75) is 31.8 Å². The predicted octanol–water partition coefficient (Wildman–Crippen LogP) is 2.13. The minimum atomic E-state index is -0.225. The summed E-state index contributed by atoms with van der Waals surface area (Å²) in [6.45, 7) is 9.42. The number of nitrogens with one attached hydrogen (secondary N) is 2. The van der Waals surface area contributed by atoms with Gasteiger partial charge in [0, 0.05) is 52.7 Å². The van der Waals surface area contributed by atoms with E-state index in [-0.39, 0.29) is 5.60 Å². The molecule has 0 bridgehead atoms. The SMILES string of the molecule is C=C(C)CNC(=NCC1(OC)CCOCC1)NCCc1ccco1. The van der Waals surface area contributed by atoms with Crippen LogP contribution < -0.4 is 10.6 Å². The molecule has 1 aliphatic rings. The molecule has 0 spiro atoms. The molecule has 0 aromatic carbocycles. The number of hydrogen-bond acceptors (Lipinski definition) is 4. The van der Waals surface area contributed by atoms with E-state index in [1.807, 2.05) is 19.1 Å². The first-order valence-electron chi connectivity index (χ1n) is 8.45. The van der Waals surface area contributed by atoms with Crippen molar-refractivity contribution >= 4 is 5.96 Å². The smallest absolute Gasteiger partial charge is 0.191 e. The van der Waals surface area contributed by atoms with E-state index in [4.69, 9.17) is 18.9 Å². The average Bonchev–Trinajstić information content (AvgIpc) is 3.11. The highest BCUT2D eigenvalue weighted by atomic mass is 16.5. The summed E-state index contributed by atoms with van der Waals surface area (Å²) >= 11 is 0. The molecule has 2 rings (SSSR count). The van der Waals surface area contributed by atoms with Gasteiger partial charge in [0.05, 0.1) is 18.4 Å². The number of aliphatic imine (C=N–C) groups is 1. The van der Waals surface area contributed by atoms with E-state index >= 15 is 0 Å². The molecule has 0 amide bonds. The Bertz CT molecular complexity index is 520. The maximum absolute atomic E-state index is 5.74. The Morgan fingerprint density at radius 3 is 2.79 bits per heavy atom. The molecule has 24 heavy (non-hydrogen) atoms. The minimum Gasteiger partial charge on any atom is -0.469 e. The summed E-state index contributed by atoms with van der Waals surface area (Å²) in [6.07, 6.45) is 4.24. The third kappa shape index (κ3) is 6.02. The van der Waals surface area contributed by atoms with Crippen LogP contribution in [0.5, 0.6) is 0 Å². The van der Waals surface area contributed by atoms with Crippen LogP contribution >= 0.6 is 0 Å². The van der Waals surface area contributed by atoms with Gasteiger partial charge in [0.25, 0.3) is 0 Å². The number of rotatable bonds is 8. The fourth-order valence-corrected chi connectivity index (χ4v) is 2.56. The molecule has 1 aliphatic heterocycles. The van der Waals surface area contributed by atoms with E-state index in [9.17, 15) is 0 Å². The Morgan fingerprint density at radius 2 is 2.17 bits per heavy atom. The van der Waals surface area contributed by atoms with Crippen LogP contribution in [0.3, 0.4) is 0 Å². The van der Waals surface area contributed by atoms with Crippen molar-refractivity contribution in [3.63, 3.8) is 0 Å². The summed E-state index contributed by atoms with van der Waals surface area (Å²) in [5.74, 6) is 1.73. The van der Waals surface area contributed by atoms with Gasteiger partial charge >= 0.3 is 0 Å². The first-order chi connectivity index (χ1) is 11.6. The Balaban J connectivity index is 1.91. The van der Waals surface area contributed by atoms with Gasteiger partial charge in [-0.25, -0.2) is 0 Å². The monoisotopic (exact) mass is 335 g/mol. The zero-order chi connectivity index (χ0) is 17.3. The van der Waals surface area contributed by atoms with Gasteiger partial charge in [-0.2, -0.15) is 0 Å². The standard InChI is InChI=1S/C18H29N3O3/c1-15(2)13-20-17(19-9-6-16-5-4-10-24-16)21-14-18(22-3)7-11-23-12-8-18/h4-5,10H,1,6-9,11-14H2,2-3H3,(H2,19,20,21). The number of hydrogen-bond donors (Lipinski definition) is 2. The quantitative estimate of drug-likeness (QED) is 0.433. The first-order valence-corrected chi connectivity index (χ1v) is 8.45. The van der Waals surface area contributed by atoms with Crippen molar-refractivity contribution in [1.29, 1.82) is 0 Å². The maximum atomic E-state index is 5.74. The summed E-state index contributed by atoms with van der Waals surface area (Å²) in [5.41, 5.74) is 0.833. The second kappa shape index (κ2) is 9.49. The topological polar surface area (TPSA) is 68.0 Å². The molecule has 0 aliphatic carbocycles. The van der Waals surface area contributed by atoms with Gasteiger partial charge in [-0.15, -0.1) is 0 Å². The molecule has 1 fully saturated rings. The van der Waals surface area contributed by atoms with E-state index < -0.39 is 0 Å². The second-order valence-corrected chi connectivity index (χ2v) is 6.23. The zero-order valence-corrected chi connectivity index (χ0v) is 14.8. The van der Waals surface area contributed by atoms with Crippen LogP contribution in [0.25, 0.3) is 0 Å². The fraction of sp³-hybridized carbons (Fsp3) is 0.611. The molecule has 0 unspecified atom stereocenters. The molecule has 6 heteroatoms. The Hall–Kier alpha value is -1.79. The normalized spacial score (nSPS) is 17.5. The van der Waals surface area contributed by atoms with Crippen LogP contribution in [0.1, 0.15) is 25.5 Å². The zero-order valence-electron chi connectivity index (χ0n) is 14.8. The molecular weight excluding hydrogens is 306 g/mol. The lowest BCUT2D eigenvalue weighted by molar-refractivity contribution is -0.0828. The van der Waals surface area contributed by atoms with E-state index in [1.165, 1.54) is 0 Å². The van der Waals surface area contributed by atoms with Crippen molar-refractivity contribution in [3.8, 4) is 0 Å². The number of guanidine groups is 1. The van der Waals surface area contributed by atoms with Crippen molar-refractivity contribution < 1.29 is 13.9 Å². The van der Waals surface area contributed by atoms with Gasteiger partial charge in [-0.3, -0.25) is 4.99 Å². The van der Waals surface area contributed by atoms with Gasteiger partial charge in [0.15, 0.2) is 5.96 Å². The van der Waals surface area contributed by atoms with E-state index in [1.54, 1.807) is 13.4 Å². The summed E-state index contributed by atoms with van der Waals surface area (Å²) in [4.78, 5) is 4.72. The third-order valence-electron chi connectivity index (χ3n) is 4.16. The summed E-state index contributed by atoms with van der Waals surface area (Å²) in [5, 5.41) is 6.65. The number of ether oxygens (including phenoxy) is 2. The van der Waals surface area contributed by atoms with Crippen molar-refractivity contribution in [3.05, 3.63) is 36.3 Å². The highest BCUT2D eigenvalue weighted by molar-refractivity contribution is 5.80. The molecule has 0 radical (unpaired) electrons. The first kappa shape index (κ1) is 18.5. The van der Waals surface area contributed by atoms with Crippen LogP contribution in [-0.4, -0.2) is 51.5 Å². The highest BCUT2D eigenvalue weighted by Gasteiger charge is 2.32.